The normalized spacial score (nSPS) is 12.0. The Balaban J connectivity index is 1.25. The van der Waals surface area contributed by atoms with Crippen LogP contribution in [-0.2, 0) is 0 Å². The average molecular weight is 1050 g/mol. The van der Waals surface area contributed by atoms with Crippen LogP contribution in [0.3, 0.4) is 0 Å². The van der Waals surface area contributed by atoms with Crippen molar-refractivity contribution in [2.75, 3.05) is 0 Å². The van der Waals surface area contributed by atoms with Crippen LogP contribution in [0.15, 0.2) is 231 Å². The summed E-state index contributed by atoms with van der Waals surface area (Å²) in [5, 5.41) is 9.41. The lowest BCUT2D eigenvalue weighted by molar-refractivity contribution is 0.960. The molecule has 16 rings (SSSR count). The molecular weight excluding hydrogens is 997 g/mol. The molecule has 10 aromatic carbocycles. The second-order valence-corrected chi connectivity index (χ2v) is 22.7. The number of fused-ring (bicyclic) bond motifs is 12. The maximum Gasteiger partial charge on any atom is 0.165 e. The smallest absolute Gasteiger partial charge is 0.165 e. The van der Waals surface area contributed by atoms with Gasteiger partial charge in [0.1, 0.15) is 11.4 Å². The van der Waals surface area contributed by atoms with E-state index in [1.165, 1.54) is 65.7 Å². The highest BCUT2D eigenvalue weighted by Gasteiger charge is 2.33. The molecule has 0 aliphatic heterocycles. The monoisotopic (exact) mass is 1050 g/mol. The molecule has 16 aromatic rings. The molecule has 0 unspecified atom stereocenters. The number of para-hydroxylation sites is 2. The van der Waals surface area contributed by atoms with E-state index in [1.807, 2.05) is 0 Å². The van der Waals surface area contributed by atoms with Crippen LogP contribution in [-0.4, -0.2) is 28.2 Å². The van der Waals surface area contributed by atoms with Gasteiger partial charge in [-0.2, -0.15) is 0 Å². The van der Waals surface area contributed by atoms with Crippen molar-refractivity contribution < 1.29 is 0 Å². The first kappa shape index (κ1) is 47.7. The molecule has 0 N–H and O–H groups in total. The standard InChI is InChI=1S/C76H56N6/c1-45-25-31-66-56(37-45)57-38-46(2)26-32-67(57)79(66)73-72(53-43-62(51-17-9-7-10-18-51)77-63(44-53)52-19-11-8-12-20-52)74(80-68-33-27-47(3)39-58(68)59-40-48(4)28-34-69(59)80)76(82-70-35-29-49(5)41-60(70)61-42-50(6)30-36-71(61)82)78-75(73)81-64-23-15-13-21-54(64)55-22-14-16-24-65(55)81/h7-44H,1-6H3. The van der Waals surface area contributed by atoms with Crippen LogP contribution >= 0.6 is 0 Å². The zero-order chi connectivity index (χ0) is 55.1. The second-order valence-electron chi connectivity index (χ2n) is 22.7. The first-order valence-corrected chi connectivity index (χ1v) is 28.4. The maximum absolute atomic E-state index is 6.53. The van der Waals surface area contributed by atoms with Gasteiger partial charge in [-0.15, -0.1) is 0 Å². The Morgan fingerprint density at radius 2 is 0.512 bits per heavy atom. The van der Waals surface area contributed by atoms with Crippen molar-refractivity contribution in [2.24, 2.45) is 0 Å². The van der Waals surface area contributed by atoms with Gasteiger partial charge in [-0.25, -0.2) is 9.97 Å². The number of pyridine rings is 2. The quantitative estimate of drug-likeness (QED) is 0.160. The average Bonchev–Trinajstić information content (AvgIpc) is 2.42. The number of hydrogen-bond acceptors (Lipinski definition) is 2. The lowest BCUT2D eigenvalue weighted by Gasteiger charge is -2.27. The molecule has 0 aliphatic rings. The maximum atomic E-state index is 6.53. The van der Waals surface area contributed by atoms with Crippen LogP contribution in [0.5, 0.6) is 0 Å². The van der Waals surface area contributed by atoms with Gasteiger partial charge in [0.2, 0.25) is 0 Å². The van der Waals surface area contributed by atoms with Gasteiger partial charge in [0.05, 0.1) is 55.5 Å². The number of aryl methyl sites for hydroxylation is 6. The summed E-state index contributed by atoms with van der Waals surface area (Å²) in [6.45, 7) is 13.2. The third-order valence-corrected chi connectivity index (χ3v) is 17.0. The topological polar surface area (TPSA) is 45.5 Å². The lowest BCUT2D eigenvalue weighted by Crippen LogP contribution is -2.16. The molecule has 0 aliphatic carbocycles. The van der Waals surface area contributed by atoms with Gasteiger partial charge < -0.3 is 9.13 Å². The third kappa shape index (κ3) is 7.20. The summed E-state index contributed by atoms with van der Waals surface area (Å²) in [6.07, 6.45) is 0. The minimum absolute atomic E-state index is 0.798. The Morgan fingerprint density at radius 3 is 0.841 bits per heavy atom. The summed E-state index contributed by atoms with van der Waals surface area (Å²) in [5.41, 5.74) is 23.5. The Hall–Kier alpha value is -10.3. The fourth-order valence-corrected chi connectivity index (χ4v) is 13.4. The zero-order valence-electron chi connectivity index (χ0n) is 46.6. The number of benzene rings is 10. The van der Waals surface area contributed by atoms with Gasteiger partial charge in [0, 0.05) is 59.8 Å². The molecule has 0 radical (unpaired) electrons. The molecule has 0 saturated heterocycles. The highest BCUT2D eigenvalue weighted by molar-refractivity contribution is 6.16. The van der Waals surface area contributed by atoms with Crippen molar-refractivity contribution in [1.82, 2.24) is 28.2 Å². The minimum atomic E-state index is 0.798. The van der Waals surface area contributed by atoms with Crippen molar-refractivity contribution in [3.63, 3.8) is 0 Å². The molecule has 6 nitrogen and oxygen atoms in total. The largest absolute Gasteiger partial charge is 0.305 e. The van der Waals surface area contributed by atoms with Crippen molar-refractivity contribution in [3.8, 4) is 56.7 Å². The number of aromatic nitrogens is 6. The molecule has 0 fully saturated rings. The fraction of sp³-hybridized carbons (Fsp3) is 0.0789. The predicted octanol–water partition coefficient (Wildman–Crippen LogP) is 19.7. The first-order chi connectivity index (χ1) is 40.1. The summed E-state index contributed by atoms with van der Waals surface area (Å²) >= 11 is 0. The zero-order valence-corrected chi connectivity index (χ0v) is 46.6. The minimum Gasteiger partial charge on any atom is -0.305 e. The van der Waals surface area contributed by atoms with Crippen LogP contribution in [0.1, 0.15) is 33.4 Å². The third-order valence-electron chi connectivity index (χ3n) is 17.0. The summed E-state index contributed by atoms with van der Waals surface area (Å²) in [4.78, 5) is 12.1. The molecule has 6 heteroatoms. The van der Waals surface area contributed by atoms with E-state index in [0.717, 1.165) is 112 Å². The number of nitrogens with zero attached hydrogens (tertiary/aromatic N) is 6. The molecule has 82 heavy (non-hydrogen) atoms. The highest BCUT2D eigenvalue weighted by atomic mass is 15.2. The van der Waals surface area contributed by atoms with Crippen LogP contribution < -0.4 is 0 Å². The molecule has 0 bridgehead atoms. The Bertz CT molecular complexity index is 5050. The molecular formula is C76H56N6. The molecule has 0 atom stereocenters. The number of rotatable bonds is 7. The molecule has 6 aromatic heterocycles. The summed E-state index contributed by atoms with van der Waals surface area (Å²) in [7, 11) is 0. The lowest BCUT2D eigenvalue weighted by atomic mass is 9.96. The van der Waals surface area contributed by atoms with Gasteiger partial charge in [-0.05, 0) is 144 Å². The van der Waals surface area contributed by atoms with E-state index in [0.29, 0.717) is 0 Å². The Kier molecular flexibility index (Phi) is 10.5. The van der Waals surface area contributed by atoms with Crippen molar-refractivity contribution in [2.45, 2.75) is 41.5 Å². The molecule has 0 spiro atoms. The first-order valence-electron chi connectivity index (χ1n) is 28.4. The predicted molar refractivity (Wildman–Crippen MR) is 344 cm³/mol. The van der Waals surface area contributed by atoms with E-state index in [2.05, 4.69) is 290 Å². The van der Waals surface area contributed by atoms with Crippen LogP contribution in [0.4, 0.5) is 0 Å². The van der Waals surface area contributed by atoms with Crippen LogP contribution in [0, 0.1) is 41.5 Å². The molecule has 0 saturated carbocycles. The SMILES string of the molecule is Cc1ccc2c(c1)c1cc(C)ccc1n2-c1nc(-n2c3ccccc3c3ccccc32)c(-n2c3ccc(C)cc3c3cc(C)ccc32)c(-c2cc(-c3ccccc3)nc(-c3ccccc3)c2)c1-n1c2ccc(C)cc2c2cc(C)ccc21. The Morgan fingerprint density at radius 1 is 0.232 bits per heavy atom. The van der Waals surface area contributed by atoms with Crippen molar-refractivity contribution in [3.05, 3.63) is 264 Å². The van der Waals surface area contributed by atoms with Crippen LogP contribution in [0.2, 0.25) is 0 Å². The van der Waals surface area contributed by atoms with Gasteiger partial charge in [-0.1, -0.05) is 167 Å². The van der Waals surface area contributed by atoms with Gasteiger partial charge >= 0.3 is 0 Å². The van der Waals surface area contributed by atoms with E-state index in [9.17, 15) is 0 Å². The van der Waals surface area contributed by atoms with Crippen molar-refractivity contribution >= 4 is 87.2 Å². The molecule has 6 heterocycles. The van der Waals surface area contributed by atoms with Gasteiger partial charge in [0.15, 0.2) is 11.6 Å². The summed E-state index contributed by atoms with van der Waals surface area (Å²) in [5.74, 6) is 1.60. The Labute approximate surface area is 475 Å². The van der Waals surface area contributed by atoms with E-state index in [-0.39, 0.29) is 0 Å². The molecule has 0 amide bonds. The van der Waals surface area contributed by atoms with E-state index in [4.69, 9.17) is 9.97 Å². The summed E-state index contributed by atoms with van der Waals surface area (Å²) < 4.78 is 10.0. The second kappa shape index (κ2) is 18.1. The van der Waals surface area contributed by atoms with Gasteiger partial charge in [0.25, 0.3) is 0 Å². The van der Waals surface area contributed by atoms with Crippen LogP contribution in [0.25, 0.3) is 144 Å². The highest BCUT2D eigenvalue weighted by Crippen LogP contribution is 2.50. The van der Waals surface area contributed by atoms with E-state index < -0.39 is 0 Å². The van der Waals surface area contributed by atoms with E-state index in [1.54, 1.807) is 0 Å². The van der Waals surface area contributed by atoms with E-state index >= 15 is 0 Å². The summed E-state index contributed by atoms with van der Waals surface area (Å²) in [6, 6.07) is 85.4. The fourth-order valence-electron chi connectivity index (χ4n) is 13.4. The van der Waals surface area contributed by atoms with Gasteiger partial charge in [-0.3, -0.25) is 9.13 Å². The van der Waals surface area contributed by atoms with Crippen molar-refractivity contribution in [1.29, 1.82) is 0 Å². The number of hydrogen-bond donors (Lipinski definition) is 0. The molecule has 390 valence electrons.